The Bertz CT molecular complexity index is 645. The number of alkyl halides is 3. The monoisotopic (exact) mass is 359 g/mol. The fourth-order valence-corrected chi connectivity index (χ4v) is 3.08. The molecule has 1 atom stereocenters. The molecule has 112 valence electrons. The smallest absolute Gasteiger partial charge is 0.316 e. The van der Waals surface area contributed by atoms with Gasteiger partial charge in [-0.1, -0.05) is 15.9 Å². The van der Waals surface area contributed by atoms with Crippen LogP contribution in [0.3, 0.4) is 0 Å². The third kappa shape index (κ3) is 2.85. The van der Waals surface area contributed by atoms with Crippen molar-refractivity contribution in [3.05, 3.63) is 46.5 Å². The third-order valence-electron chi connectivity index (χ3n) is 3.68. The fourth-order valence-electron chi connectivity index (χ4n) is 2.61. The molecule has 3 rings (SSSR count). The molecule has 1 unspecified atom stereocenters. The highest BCUT2D eigenvalue weighted by molar-refractivity contribution is 9.10. The molecular weight excluding hydrogens is 347 g/mol. The molecule has 0 bridgehead atoms. The summed E-state index contributed by atoms with van der Waals surface area (Å²) in [6, 6.07) is 4.24. The van der Waals surface area contributed by atoms with Crippen LogP contribution in [0.2, 0.25) is 0 Å². The summed E-state index contributed by atoms with van der Waals surface area (Å²) in [5.41, 5.74) is 0.740. The van der Waals surface area contributed by atoms with Gasteiger partial charge in [0.15, 0.2) is 0 Å². The van der Waals surface area contributed by atoms with Gasteiger partial charge in [-0.05, 0) is 31.2 Å². The minimum Gasteiger partial charge on any atom is -0.316 e. The summed E-state index contributed by atoms with van der Waals surface area (Å²) in [5, 5.41) is 3.26. The van der Waals surface area contributed by atoms with Gasteiger partial charge < -0.3 is 9.88 Å². The number of imidazole rings is 1. The maximum Gasteiger partial charge on any atom is 0.417 e. The molecular formula is C14H13BrF3N3. The Hall–Kier alpha value is -1.34. The van der Waals surface area contributed by atoms with E-state index in [4.69, 9.17) is 0 Å². The summed E-state index contributed by atoms with van der Waals surface area (Å²) in [5.74, 6) is 0.283. The van der Waals surface area contributed by atoms with Crippen LogP contribution < -0.4 is 5.32 Å². The van der Waals surface area contributed by atoms with Gasteiger partial charge in [0.1, 0.15) is 0 Å². The van der Waals surface area contributed by atoms with Gasteiger partial charge in [-0.15, -0.1) is 0 Å². The van der Waals surface area contributed by atoms with Crippen molar-refractivity contribution in [3.63, 3.8) is 0 Å². The van der Waals surface area contributed by atoms with Crippen molar-refractivity contribution in [2.45, 2.75) is 18.5 Å². The van der Waals surface area contributed by atoms with Crippen molar-refractivity contribution in [3.8, 4) is 5.69 Å². The largest absolute Gasteiger partial charge is 0.417 e. The lowest BCUT2D eigenvalue weighted by molar-refractivity contribution is -0.138. The highest BCUT2D eigenvalue weighted by Crippen LogP contribution is 2.36. The Balaban J connectivity index is 2.03. The van der Waals surface area contributed by atoms with E-state index in [0.717, 1.165) is 31.3 Å². The van der Waals surface area contributed by atoms with E-state index >= 15 is 0 Å². The summed E-state index contributed by atoms with van der Waals surface area (Å²) < 4.78 is 40.8. The zero-order valence-corrected chi connectivity index (χ0v) is 12.6. The molecule has 0 amide bonds. The van der Waals surface area contributed by atoms with Gasteiger partial charge >= 0.3 is 6.18 Å². The first-order valence-corrected chi connectivity index (χ1v) is 7.36. The van der Waals surface area contributed by atoms with Crippen molar-refractivity contribution >= 4 is 15.9 Å². The van der Waals surface area contributed by atoms with Crippen molar-refractivity contribution < 1.29 is 13.2 Å². The lowest BCUT2D eigenvalue weighted by atomic mass is 10.1. The molecule has 2 aromatic rings. The molecule has 2 heterocycles. The van der Waals surface area contributed by atoms with Gasteiger partial charge in [-0.3, -0.25) is 0 Å². The summed E-state index contributed by atoms with van der Waals surface area (Å²) in [4.78, 5) is 4.10. The van der Waals surface area contributed by atoms with Gasteiger partial charge in [0.2, 0.25) is 0 Å². The van der Waals surface area contributed by atoms with Gasteiger partial charge in [-0.25, -0.2) is 4.98 Å². The predicted molar refractivity (Wildman–Crippen MR) is 76.5 cm³/mol. The number of rotatable bonds is 2. The van der Waals surface area contributed by atoms with Crippen molar-refractivity contribution in [1.29, 1.82) is 0 Å². The molecule has 1 aliphatic heterocycles. The van der Waals surface area contributed by atoms with E-state index in [1.165, 1.54) is 6.07 Å². The predicted octanol–water partition coefficient (Wildman–Crippen LogP) is 3.73. The van der Waals surface area contributed by atoms with Gasteiger partial charge in [0.25, 0.3) is 0 Å². The van der Waals surface area contributed by atoms with Crippen molar-refractivity contribution in [2.75, 3.05) is 13.1 Å². The first-order valence-electron chi connectivity index (χ1n) is 6.57. The molecule has 1 N–H and O–H groups in total. The molecule has 0 radical (unpaired) electrons. The summed E-state index contributed by atoms with van der Waals surface area (Å²) in [6.45, 7) is 1.75. The first kappa shape index (κ1) is 14.6. The second kappa shape index (κ2) is 5.46. The van der Waals surface area contributed by atoms with E-state index in [0.29, 0.717) is 5.69 Å². The normalized spacial score (nSPS) is 19.1. The van der Waals surface area contributed by atoms with Crippen LogP contribution in [-0.2, 0) is 6.18 Å². The summed E-state index contributed by atoms with van der Waals surface area (Å²) in [7, 11) is 0. The number of benzene rings is 1. The van der Waals surface area contributed by atoms with Crippen LogP contribution in [0, 0.1) is 0 Å². The maximum absolute atomic E-state index is 13.0. The average molecular weight is 360 g/mol. The molecule has 3 nitrogen and oxygen atoms in total. The minimum absolute atomic E-state index is 0.0444. The molecule has 1 aromatic carbocycles. The number of nitrogens with one attached hydrogen (secondary N) is 1. The van der Waals surface area contributed by atoms with Crippen molar-refractivity contribution in [2.24, 2.45) is 0 Å². The molecule has 1 saturated heterocycles. The second-order valence-electron chi connectivity index (χ2n) is 5.04. The summed E-state index contributed by atoms with van der Waals surface area (Å²) >= 11 is 2.96. The fraction of sp³-hybridized carbons (Fsp3) is 0.357. The topological polar surface area (TPSA) is 29.9 Å². The van der Waals surface area contributed by atoms with Crippen molar-refractivity contribution in [1.82, 2.24) is 14.9 Å². The highest BCUT2D eigenvalue weighted by Gasteiger charge is 2.33. The number of hydrogen-bond acceptors (Lipinski definition) is 2. The number of hydrogen-bond donors (Lipinski definition) is 1. The first-order chi connectivity index (χ1) is 9.97. The van der Waals surface area contributed by atoms with E-state index in [2.05, 4.69) is 26.2 Å². The van der Waals surface area contributed by atoms with Crippen LogP contribution in [0.1, 0.15) is 23.6 Å². The zero-order chi connectivity index (χ0) is 15.0. The third-order valence-corrected chi connectivity index (χ3v) is 4.37. The quantitative estimate of drug-likeness (QED) is 0.885. The van der Waals surface area contributed by atoms with Gasteiger partial charge in [0.05, 0.1) is 11.9 Å². The average Bonchev–Trinajstić information content (AvgIpc) is 3.08. The summed E-state index contributed by atoms with van der Waals surface area (Å²) in [6.07, 6.45) is -0.122. The van der Waals surface area contributed by atoms with E-state index in [-0.39, 0.29) is 10.4 Å². The Kier molecular flexibility index (Phi) is 3.79. The van der Waals surface area contributed by atoms with E-state index in [9.17, 15) is 13.2 Å². The molecule has 0 spiro atoms. The maximum atomic E-state index is 13.0. The number of aromatic nitrogens is 2. The molecule has 0 aliphatic carbocycles. The molecule has 1 fully saturated rings. The van der Waals surface area contributed by atoms with Gasteiger partial charge in [-0.2, -0.15) is 13.2 Å². The molecule has 7 heteroatoms. The lowest BCUT2D eigenvalue weighted by Crippen LogP contribution is -2.12. The van der Waals surface area contributed by atoms with Crippen LogP contribution in [-0.4, -0.2) is 22.6 Å². The molecule has 21 heavy (non-hydrogen) atoms. The van der Waals surface area contributed by atoms with Crippen LogP contribution >= 0.6 is 15.9 Å². The number of nitrogens with zero attached hydrogens (tertiary/aromatic N) is 2. The molecule has 1 aromatic heterocycles. The van der Waals surface area contributed by atoms with E-state index in [1.54, 1.807) is 23.2 Å². The molecule has 1 aliphatic rings. The van der Waals surface area contributed by atoms with Crippen LogP contribution in [0.4, 0.5) is 13.2 Å². The zero-order valence-electron chi connectivity index (χ0n) is 11.0. The Labute approximate surface area is 128 Å². The Morgan fingerprint density at radius 2 is 2.14 bits per heavy atom. The van der Waals surface area contributed by atoms with Crippen LogP contribution in [0.15, 0.2) is 35.2 Å². The lowest BCUT2D eigenvalue weighted by Gasteiger charge is -2.15. The Morgan fingerprint density at radius 3 is 2.81 bits per heavy atom. The van der Waals surface area contributed by atoms with Crippen LogP contribution in [0.25, 0.3) is 5.69 Å². The highest BCUT2D eigenvalue weighted by atomic mass is 79.9. The van der Waals surface area contributed by atoms with E-state index < -0.39 is 11.7 Å². The SMILES string of the molecule is FC(F)(F)c1cc(-n2cncc2C2CCNC2)ccc1Br. The molecule has 0 saturated carbocycles. The van der Waals surface area contributed by atoms with Crippen LogP contribution in [0.5, 0.6) is 0 Å². The second-order valence-corrected chi connectivity index (χ2v) is 5.89. The van der Waals surface area contributed by atoms with E-state index in [1.807, 2.05) is 0 Å². The number of halogens is 4. The Morgan fingerprint density at radius 1 is 1.33 bits per heavy atom. The standard InChI is InChI=1S/C14H13BrF3N3/c15-12-2-1-10(5-11(12)14(16,17)18)21-8-20-7-13(21)9-3-4-19-6-9/h1-2,5,7-9,19H,3-4,6H2. The minimum atomic E-state index is -4.38. The van der Waals surface area contributed by atoms with Gasteiger partial charge in [0, 0.05) is 34.5 Å².